The van der Waals surface area contributed by atoms with Gasteiger partial charge in [-0.25, -0.2) is 0 Å². The Labute approximate surface area is 94.1 Å². The molecule has 15 heavy (non-hydrogen) atoms. The van der Waals surface area contributed by atoms with Gasteiger partial charge in [-0.05, 0) is 24.5 Å². The molecule has 1 aliphatic rings. The van der Waals surface area contributed by atoms with E-state index in [4.69, 9.17) is 11.6 Å². The number of nitrogens with zero attached hydrogens (tertiary/aromatic N) is 2. The first-order valence-electron chi connectivity index (χ1n) is 5.08. The molecule has 0 bridgehead atoms. The van der Waals surface area contributed by atoms with Crippen molar-refractivity contribution in [2.75, 3.05) is 12.4 Å². The van der Waals surface area contributed by atoms with Gasteiger partial charge in [0.1, 0.15) is 5.88 Å². The summed E-state index contributed by atoms with van der Waals surface area (Å²) in [5, 5.41) is 0. The maximum atomic E-state index is 11.6. The zero-order valence-corrected chi connectivity index (χ0v) is 9.15. The Kier molecular flexibility index (Phi) is 3.21. The molecule has 4 heteroatoms. The normalized spacial score (nSPS) is 20.6. The second kappa shape index (κ2) is 4.62. The van der Waals surface area contributed by atoms with Gasteiger partial charge in [-0.2, -0.15) is 0 Å². The Morgan fingerprint density at radius 2 is 2.53 bits per heavy atom. The zero-order valence-electron chi connectivity index (χ0n) is 8.40. The number of amides is 1. The number of hydrogen-bond acceptors (Lipinski definition) is 2. The fourth-order valence-corrected chi connectivity index (χ4v) is 2.22. The monoisotopic (exact) mass is 224 g/mol. The third-order valence-electron chi connectivity index (χ3n) is 2.76. The van der Waals surface area contributed by atoms with Gasteiger partial charge in [0, 0.05) is 18.9 Å². The lowest BCUT2D eigenvalue weighted by Gasteiger charge is -2.23. The topological polar surface area (TPSA) is 33.2 Å². The predicted octanol–water partition coefficient (Wildman–Crippen LogP) is 1.98. The van der Waals surface area contributed by atoms with Crippen LogP contribution in [0, 0.1) is 0 Å². The van der Waals surface area contributed by atoms with Crippen molar-refractivity contribution in [1.82, 2.24) is 9.88 Å². The van der Waals surface area contributed by atoms with Crippen LogP contribution in [0.2, 0.25) is 0 Å². The molecule has 1 aromatic rings. The van der Waals surface area contributed by atoms with Gasteiger partial charge in [0.15, 0.2) is 0 Å². The summed E-state index contributed by atoms with van der Waals surface area (Å²) in [5.41, 5.74) is 1.11. The third kappa shape index (κ3) is 2.12. The van der Waals surface area contributed by atoms with Crippen LogP contribution < -0.4 is 0 Å². The standard InChI is InChI=1S/C11H13ClN2O/c12-7-11(15)14-6-2-4-10(14)9-3-1-5-13-8-9/h1,3,5,8,10H,2,4,6-7H2. The quantitative estimate of drug-likeness (QED) is 0.720. The first kappa shape index (κ1) is 10.4. The van der Waals surface area contributed by atoms with Crippen molar-refractivity contribution < 1.29 is 4.79 Å². The van der Waals surface area contributed by atoms with Crippen molar-refractivity contribution in [2.24, 2.45) is 0 Å². The molecule has 0 spiro atoms. The van der Waals surface area contributed by atoms with E-state index in [9.17, 15) is 4.79 Å². The van der Waals surface area contributed by atoms with E-state index in [1.165, 1.54) is 0 Å². The highest BCUT2D eigenvalue weighted by Gasteiger charge is 2.29. The molecule has 1 saturated heterocycles. The molecule has 0 aromatic carbocycles. The van der Waals surface area contributed by atoms with Gasteiger partial charge in [-0.1, -0.05) is 6.07 Å². The van der Waals surface area contributed by atoms with E-state index in [0.29, 0.717) is 0 Å². The van der Waals surface area contributed by atoms with Crippen LogP contribution in [-0.4, -0.2) is 28.2 Å². The molecular formula is C11H13ClN2O. The molecule has 1 atom stereocenters. The third-order valence-corrected chi connectivity index (χ3v) is 2.99. The SMILES string of the molecule is O=C(CCl)N1CCCC1c1cccnc1. The van der Waals surface area contributed by atoms with E-state index in [2.05, 4.69) is 4.98 Å². The molecule has 0 radical (unpaired) electrons. The van der Waals surface area contributed by atoms with Crippen LogP contribution in [-0.2, 0) is 4.79 Å². The number of hydrogen-bond donors (Lipinski definition) is 0. The van der Waals surface area contributed by atoms with Crippen LogP contribution in [0.5, 0.6) is 0 Å². The van der Waals surface area contributed by atoms with Crippen LogP contribution >= 0.6 is 11.6 Å². The lowest BCUT2D eigenvalue weighted by molar-refractivity contribution is -0.129. The Morgan fingerprint density at radius 1 is 1.67 bits per heavy atom. The Balaban J connectivity index is 2.18. The van der Waals surface area contributed by atoms with Crippen LogP contribution in [0.4, 0.5) is 0 Å². The van der Waals surface area contributed by atoms with Crippen LogP contribution in [0.3, 0.4) is 0 Å². The predicted molar refractivity (Wildman–Crippen MR) is 58.6 cm³/mol. The molecule has 80 valence electrons. The van der Waals surface area contributed by atoms with Crippen molar-refractivity contribution in [3.05, 3.63) is 30.1 Å². The number of carbonyl (C=O) groups excluding carboxylic acids is 1. The summed E-state index contributed by atoms with van der Waals surface area (Å²) in [7, 11) is 0. The summed E-state index contributed by atoms with van der Waals surface area (Å²) in [4.78, 5) is 17.5. The molecule has 0 saturated carbocycles. The second-order valence-electron chi connectivity index (χ2n) is 3.67. The average Bonchev–Trinajstić information content (AvgIpc) is 2.78. The van der Waals surface area contributed by atoms with Gasteiger partial charge in [-0.15, -0.1) is 11.6 Å². The van der Waals surface area contributed by atoms with Gasteiger partial charge in [-0.3, -0.25) is 9.78 Å². The summed E-state index contributed by atoms with van der Waals surface area (Å²) < 4.78 is 0. The molecule has 1 aromatic heterocycles. The first-order chi connectivity index (χ1) is 7.33. The van der Waals surface area contributed by atoms with E-state index >= 15 is 0 Å². The fraction of sp³-hybridized carbons (Fsp3) is 0.455. The molecule has 0 N–H and O–H groups in total. The first-order valence-corrected chi connectivity index (χ1v) is 5.61. The molecule has 1 fully saturated rings. The molecule has 2 heterocycles. The highest BCUT2D eigenvalue weighted by Crippen LogP contribution is 2.31. The Morgan fingerprint density at radius 3 is 3.20 bits per heavy atom. The summed E-state index contributed by atoms with van der Waals surface area (Å²) >= 11 is 5.58. The van der Waals surface area contributed by atoms with E-state index < -0.39 is 0 Å². The van der Waals surface area contributed by atoms with E-state index in [0.717, 1.165) is 24.9 Å². The highest BCUT2D eigenvalue weighted by molar-refractivity contribution is 6.27. The van der Waals surface area contributed by atoms with Crippen LogP contribution in [0.1, 0.15) is 24.4 Å². The smallest absolute Gasteiger partial charge is 0.238 e. The van der Waals surface area contributed by atoms with Crippen molar-refractivity contribution >= 4 is 17.5 Å². The van der Waals surface area contributed by atoms with E-state index in [1.54, 1.807) is 6.20 Å². The van der Waals surface area contributed by atoms with E-state index in [1.807, 2.05) is 23.2 Å². The Hall–Kier alpha value is -1.09. The molecule has 2 rings (SSSR count). The molecule has 1 aliphatic heterocycles. The summed E-state index contributed by atoms with van der Waals surface area (Å²) in [6.45, 7) is 0.811. The van der Waals surface area contributed by atoms with Crippen molar-refractivity contribution in [3.63, 3.8) is 0 Å². The largest absolute Gasteiger partial charge is 0.335 e. The number of pyridine rings is 1. The van der Waals surface area contributed by atoms with Crippen LogP contribution in [0.25, 0.3) is 0 Å². The lowest BCUT2D eigenvalue weighted by atomic mass is 10.1. The molecule has 3 nitrogen and oxygen atoms in total. The molecule has 1 amide bonds. The fourth-order valence-electron chi connectivity index (χ4n) is 2.06. The second-order valence-corrected chi connectivity index (χ2v) is 3.93. The molecular weight excluding hydrogens is 212 g/mol. The molecule has 0 aliphatic carbocycles. The lowest BCUT2D eigenvalue weighted by Crippen LogP contribution is -2.31. The number of aromatic nitrogens is 1. The van der Waals surface area contributed by atoms with Gasteiger partial charge in [0.25, 0.3) is 0 Å². The summed E-state index contributed by atoms with van der Waals surface area (Å²) in [5.74, 6) is 0.0829. The average molecular weight is 225 g/mol. The maximum Gasteiger partial charge on any atom is 0.238 e. The minimum Gasteiger partial charge on any atom is -0.335 e. The van der Waals surface area contributed by atoms with Gasteiger partial charge in [0.05, 0.1) is 6.04 Å². The minimum atomic E-state index is 0.0167. The molecule has 1 unspecified atom stereocenters. The van der Waals surface area contributed by atoms with Gasteiger partial charge in [0.2, 0.25) is 5.91 Å². The number of likely N-dealkylation sites (tertiary alicyclic amines) is 1. The number of alkyl halides is 1. The highest BCUT2D eigenvalue weighted by atomic mass is 35.5. The number of rotatable bonds is 2. The zero-order chi connectivity index (χ0) is 10.7. The summed E-state index contributed by atoms with van der Waals surface area (Å²) in [6, 6.07) is 4.08. The van der Waals surface area contributed by atoms with Crippen LogP contribution in [0.15, 0.2) is 24.5 Å². The number of halogens is 1. The maximum absolute atomic E-state index is 11.6. The van der Waals surface area contributed by atoms with Gasteiger partial charge >= 0.3 is 0 Å². The Bertz CT molecular complexity index is 342. The van der Waals surface area contributed by atoms with Crippen molar-refractivity contribution in [1.29, 1.82) is 0 Å². The van der Waals surface area contributed by atoms with Crippen molar-refractivity contribution in [3.8, 4) is 0 Å². The van der Waals surface area contributed by atoms with Crippen molar-refractivity contribution in [2.45, 2.75) is 18.9 Å². The van der Waals surface area contributed by atoms with Gasteiger partial charge < -0.3 is 4.90 Å². The minimum absolute atomic E-state index is 0.0167. The number of carbonyl (C=O) groups is 1. The summed E-state index contributed by atoms with van der Waals surface area (Å²) in [6.07, 6.45) is 5.62. The van der Waals surface area contributed by atoms with E-state index in [-0.39, 0.29) is 17.8 Å².